The fourth-order valence-corrected chi connectivity index (χ4v) is 3.12. The molecular weight excluding hydrogens is 342 g/mol. The molecule has 1 aromatic carbocycles. The molecule has 1 N–H and O–H groups in total. The van der Waals surface area contributed by atoms with Gasteiger partial charge in [-0.1, -0.05) is 24.3 Å². The zero-order valence-electron chi connectivity index (χ0n) is 15.3. The van der Waals surface area contributed by atoms with Gasteiger partial charge in [-0.2, -0.15) is 0 Å². The van der Waals surface area contributed by atoms with Crippen molar-refractivity contribution >= 4 is 11.8 Å². The van der Waals surface area contributed by atoms with Gasteiger partial charge in [-0.3, -0.25) is 14.6 Å². The molecule has 0 radical (unpaired) electrons. The van der Waals surface area contributed by atoms with Crippen LogP contribution in [0.25, 0.3) is 0 Å². The molecule has 0 spiro atoms. The molecule has 0 unspecified atom stereocenters. The molecule has 0 saturated carbocycles. The van der Waals surface area contributed by atoms with Crippen molar-refractivity contribution in [2.24, 2.45) is 0 Å². The molecule has 2 heterocycles. The van der Waals surface area contributed by atoms with Gasteiger partial charge in [0, 0.05) is 31.7 Å². The van der Waals surface area contributed by atoms with Crippen molar-refractivity contribution in [1.82, 2.24) is 15.2 Å². The van der Waals surface area contributed by atoms with E-state index in [2.05, 4.69) is 10.3 Å². The minimum Gasteiger partial charge on any atom is -0.494 e. The van der Waals surface area contributed by atoms with Gasteiger partial charge in [0.15, 0.2) is 0 Å². The summed E-state index contributed by atoms with van der Waals surface area (Å²) in [4.78, 5) is 30.4. The highest BCUT2D eigenvalue weighted by atomic mass is 16.5. The van der Waals surface area contributed by atoms with Crippen LogP contribution in [0, 0.1) is 0 Å². The van der Waals surface area contributed by atoms with E-state index in [9.17, 15) is 9.59 Å². The molecule has 6 nitrogen and oxygen atoms in total. The largest absolute Gasteiger partial charge is 0.494 e. The average Bonchev–Trinajstić information content (AvgIpc) is 2.73. The summed E-state index contributed by atoms with van der Waals surface area (Å²) in [5, 5.41) is 3.01. The lowest BCUT2D eigenvalue weighted by Gasteiger charge is -2.32. The van der Waals surface area contributed by atoms with Crippen molar-refractivity contribution in [1.29, 1.82) is 0 Å². The third kappa shape index (κ3) is 5.81. The Labute approximate surface area is 159 Å². The summed E-state index contributed by atoms with van der Waals surface area (Å²) in [6.45, 7) is 1.88. The number of aromatic nitrogens is 1. The third-order valence-corrected chi connectivity index (χ3v) is 4.63. The fourth-order valence-electron chi connectivity index (χ4n) is 3.12. The molecule has 0 atom stereocenters. The Morgan fingerprint density at radius 1 is 1.07 bits per heavy atom. The van der Waals surface area contributed by atoms with Crippen LogP contribution in [-0.2, 0) is 4.79 Å². The number of para-hydroxylation sites is 1. The molecular formula is C21H25N3O3. The van der Waals surface area contributed by atoms with Crippen molar-refractivity contribution < 1.29 is 14.3 Å². The Kier molecular flexibility index (Phi) is 6.79. The van der Waals surface area contributed by atoms with Gasteiger partial charge in [-0.15, -0.1) is 0 Å². The summed E-state index contributed by atoms with van der Waals surface area (Å²) in [6.07, 6.45) is 4.33. The molecule has 27 heavy (non-hydrogen) atoms. The minimum absolute atomic E-state index is 0.0879. The number of rotatable bonds is 7. The van der Waals surface area contributed by atoms with Gasteiger partial charge in [0.05, 0.1) is 6.61 Å². The third-order valence-electron chi connectivity index (χ3n) is 4.63. The summed E-state index contributed by atoms with van der Waals surface area (Å²) >= 11 is 0. The quantitative estimate of drug-likeness (QED) is 0.764. The van der Waals surface area contributed by atoms with Gasteiger partial charge in [-0.25, -0.2) is 0 Å². The molecule has 2 aromatic rings. The minimum atomic E-state index is -0.154. The van der Waals surface area contributed by atoms with Gasteiger partial charge in [-0.05, 0) is 43.5 Å². The second-order valence-corrected chi connectivity index (χ2v) is 6.61. The van der Waals surface area contributed by atoms with Crippen molar-refractivity contribution in [3.63, 3.8) is 0 Å². The second-order valence-electron chi connectivity index (χ2n) is 6.61. The maximum Gasteiger partial charge on any atom is 0.270 e. The molecule has 1 aliphatic rings. The number of hydrogen-bond donors (Lipinski definition) is 1. The SMILES string of the molecule is O=C(NC1CCN(C(=O)CCCOc2ccccc2)CC1)c1ccccn1. The summed E-state index contributed by atoms with van der Waals surface area (Å²) in [5.41, 5.74) is 0.425. The Hall–Kier alpha value is -2.89. The smallest absolute Gasteiger partial charge is 0.270 e. The van der Waals surface area contributed by atoms with Crippen molar-refractivity contribution in [2.75, 3.05) is 19.7 Å². The lowest BCUT2D eigenvalue weighted by atomic mass is 10.0. The monoisotopic (exact) mass is 367 g/mol. The highest BCUT2D eigenvalue weighted by molar-refractivity contribution is 5.92. The molecule has 1 fully saturated rings. The topological polar surface area (TPSA) is 71.5 Å². The zero-order chi connectivity index (χ0) is 18.9. The van der Waals surface area contributed by atoms with E-state index < -0.39 is 0 Å². The van der Waals surface area contributed by atoms with E-state index in [4.69, 9.17) is 4.74 Å². The van der Waals surface area contributed by atoms with Crippen LogP contribution in [0.5, 0.6) is 5.75 Å². The van der Waals surface area contributed by atoms with E-state index in [1.54, 1.807) is 24.4 Å². The lowest BCUT2D eigenvalue weighted by molar-refractivity contribution is -0.132. The molecule has 2 amide bonds. The Bertz CT molecular complexity index is 729. The van der Waals surface area contributed by atoms with Crippen molar-refractivity contribution in [3.8, 4) is 5.75 Å². The van der Waals surface area contributed by atoms with E-state index in [1.807, 2.05) is 35.2 Å². The summed E-state index contributed by atoms with van der Waals surface area (Å²) in [5.74, 6) is 0.828. The first-order chi connectivity index (χ1) is 13.2. The zero-order valence-corrected chi connectivity index (χ0v) is 15.3. The van der Waals surface area contributed by atoms with Crippen LogP contribution in [0.4, 0.5) is 0 Å². The van der Waals surface area contributed by atoms with Gasteiger partial charge in [0.25, 0.3) is 5.91 Å². The van der Waals surface area contributed by atoms with Crippen LogP contribution in [0.2, 0.25) is 0 Å². The fraction of sp³-hybridized carbons (Fsp3) is 0.381. The van der Waals surface area contributed by atoms with Crippen LogP contribution >= 0.6 is 0 Å². The molecule has 0 aliphatic carbocycles. The first-order valence-corrected chi connectivity index (χ1v) is 9.40. The summed E-state index contributed by atoms with van der Waals surface area (Å²) < 4.78 is 5.62. The number of benzene rings is 1. The van der Waals surface area contributed by atoms with Crippen LogP contribution in [0.3, 0.4) is 0 Å². The number of pyridine rings is 1. The second kappa shape index (κ2) is 9.71. The number of piperidine rings is 1. The van der Waals surface area contributed by atoms with Gasteiger partial charge in [0.2, 0.25) is 5.91 Å². The Morgan fingerprint density at radius 3 is 2.52 bits per heavy atom. The highest BCUT2D eigenvalue weighted by Gasteiger charge is 2.24. The molecule has 1 saturated heterocycles. The number of carbonyl (C=O) groups excluding carboxylic acids is 2. The molecule has 0 bridgehead atoms. The van der Waals surface area contributed by atoms with E-state index in [0.29, 0.717) is 38.2 Å². The van der Waals surface area contributed by atoms with E-state index in [0.717, 1.165) is 18.6 Å². The molecule has 1 aliphatic heterocycles. The first-order valence-electron chi connectivity index (χ1n) is 9.40. The predicted octanol–water partition coefficient (Wildman–Crippen LogP) is 2.66. The van der Waals surface area contributed by atoms with E-state index >= 15 is 0 Å². The van der Waals surface area contributed by atoms with Gasteiger partial charge in [0.1, 0.15) is 11.4 Å². The Morgan fingerprint density at radius 2 is 1.81 bits per heavy atom. The van der Waals surface area contributed by atoms with Crippen molar-refractivity contribution in [2.45, 2.75) is 31.7 Å². The average molecular weight is 367 g/mol. The molecule has 6 heteroatoms. The number of amides is 2. The van der Waals surface area contributed by atoms with Crippen molar-refractivity contribution in [3.05, 3.63) is 60.4 Å². The maximum atomic E-state index is 12.3. The molecule has 3 rings (SSSR count). The van der Waals surface area contributed by atoms with Crippen LogP contribution in [0.15, 0.2) is 54.7 Å². The lowest BCUT2D eigenvalue weighted by Crippen LogP contribution is -2.46. The Balaban J connectivity index is 1.33. The van der Waals surface area contributed by atoms with E-state index in [1.165, 1.54) is 0 Å². The summed E-state index contributed by atoms with van der Waals surface area (Å²) in [7, 11) is 0. The number of nitrogens with zero attached hydrogens (tertiary/aromatic N) is 2. The molecule has 1 aromatic heterocycles. The number of carbonyl (C=O) groups is 2. The van der Waals surface area contributed by atoms with E-state index in [-0.39, 0.29) is 17.9 Å². The number of likely N-dealkylation sites (tertiary alicyclic amines) is 1. The predicted molar refractivity (Wildman–Crippen MR) is 102 cm³/mol. The standard InChI is InChI=1S/C21H25N3O3/c25-20(10-6-16-27-18-7-2-1-3-8-18)24-14-11-17(12-15-24)23-21(26)19-9-4-5-13-22-19/h1-5,7-9,13,17H,6,10-12,14-16H2,(H,23,26). The first kappa shape index (κ1) is 18.9. The van der Waals surface area contributed by atoms with Crippen LogP contribution < -0.4 is 10.1 Å². The van der Waals surface area contributed by atoms with Crippen LogP contribution in [-0.4, -0.2) is 47.4 Å². The van der Waals surface area contributed by atoms with Crippen LogP contribution in [0.1, 0.15) is 36.2 Å². The summed E-state index contributed by atoms with van der Waals surface area (Å²) in [6, 6.07) is 15.0. The van der Waals surface area contributed by atoms with Gasteiger partial charge >= 0.3 is 0 Å². The highest BCUT2D eigenvalue weighted by Crippen LogP contribution is 2.14. The molecule has 142 valence electrons. The van der Waals surface area contributed by atoms with Gasteiger partial charge < -0.3 is 15.0 Å². The number of nitrogens with one attached hydrogen (secondary N) is 1. The number of hydrogen-bond acceptors (Lipinski definition) is 4. The normalized spacial score (nSPS) is 14.6. The maximum absolute atomic E-state index is 12.3. The number of ether oxygens (including phenoxy) is 1.